The zero-order valence-electron chi connectivity index (χ0n) is 15.4. The molecular weight excluding hydrogens is 363 g/mol. The van der Waals surface area contributed by atoms with Crippen molar-refractivity contribution in [2.75, 3.05) is 19.5 Å². The molecule has 3 aromatic rings. The van der Waals surface area contributed by atoms with Crippen LogP contribution in [-0.4, -0.2) is 24.7 Å². The maximum atomic E-state index is 13.1. The van der Waals surface area contributed by atoms with E-state index < -0.39 is 11.5 Å². The monoisotopic (exact) mass is 382 g/mol. The normalized spacial score (nSPS) is 10.4. The van der Waals surface area contributed by atoms with E-state index in [2.05, 4.69) is 5.32 Å². The van der Waals surface area contributed by atoms with Gasteiger partial charge in [0.25, 0.3) is 11.5 Å². The highest BCUT2D eigenvalue weighted by molar-refractivity contribution is 6.04. The topological polar surface area (TPSA) is 69.6 Å². The summed E-state index contributed by atoms with van der Waals surface area (Å²) < 4.78 is 24.9. The van der Waals surface area contributed by atoms with Crippen molar-refractivity contribution in [1.82, 2.24) is 4.57 Å². The van der Waals surface area contributed by atoms with Gasteiger partial charge in [-0.05, 0) is 42.0 Å². The molecule has 0 radical (unpaired) electrons. The number of benzene rings is 2. The van der Waals surface area contributed by atoms with E-state index in [1.165, 1.54) is 37.0 Å². The second kappa shape index (κ2) is 8.39. The molecule has 7 heteroatoms. The highest BCUT2D eigenvalue weighted by Crippen LogP contribution is 2.29. The van der Waals surface area contributed by atoms with Gasteiger partial charge in [0, 0.05) is 12.3 Å². The van der Waals surface area contributed by atoms with Crippen molar-refractivity contribution in [3.63, 3.8) is 0 Å². The van der Waals surface area contributed by atoms with Gasteiger partial charge in [-0.15, -0.1) is 0 Å². The van der Waals surface area contributed by atoms with Gasteiger partial charge >= 0.3 is 0 Å². The molecule has 1 N–H and O–H groups in total. The highest BCUT2D eigenvalue weighted by atomic mass is 19.1. The van der Waals surface area contributed by atoms with Crippen molar-refractivity contribution in [3.8, 4) is 11.5 Å². The number of amides is 1. The van der Waals surface area contributed by atoms with Crippen LogP contribution in [0.3, 0.4) is 0 Å². The third kappa shape index (κ3) is 4.20. The summed E-state index contributed by atoms with van der Waals surface area (Å²) in [7, 11) is 2.99. The smallest absolute Gasteiger partial charge is 0.263 e. The van der Waals surface area contributed by atoms with E-state index in [1.807, 2.05) is 0 Å². The molecule has 144 valence electrons. The number of carbonyl (C=O) groups is 1. The van der Waals surface area contributed by atoms with Crippen LogP contribution >= 0.6 is 0 Å². The molecule has 1 heterocycles. The highest BCUT2D eigenvalue weighted by Gasteiger charge is 2.15. The number of aromatic nitrogens is 1. The molecule has 0 aliphatic rings. The average molecular weight is 382 g/mol. The number of rotatable bonds is 6. The standard InChI is InChI=1S/C21H19FN2O4/c1-27-16-9-10-19(28-2)18(12-16)23-20(25)17-4-3-11-24(21(17)26)13-14-5-7-15(22)8-6-14/h3-12H,13H2,1-2H3,(H,23,25). The number of nitrogens with one attached hydrogen (secondary N) is 1. The van der Waals surface area contributed by atoms with Gasteiger partial charge in [-0.2, -0.15) is 0 Å². The first-order valence-corrected chi connectivity index (χ1v) is 8.49. The van der Waals surface area contributed by atoms with E-state index in [4.69, 9.17) is 9.47 Å². The van der Waals surface area contributed by atoms with Crippen LogP contribution in [0.4, 0.5) is 10.1 Å². The minimum Gasteiger partial charge on any atom is -0.497 e. The number of nitrogens with zero attached hydrogens (tertiary/aromatic N) is 1. The summed E-state index contributed by atoms with van der Waals surface area (Å²) in [5, 5.41) is 2.68. The Morgan fingerprint density at radius 1 is 1.07 bits per heavy atom. The van der Waals surface area contributed by atoms with E-state index >= 15 is 0 Å². The second-order valence-corrected chi connectivity index (χ2v) is 6.00. The van der Waals surface area contributed by atoms with Gasteiger partial charge in [0.1, 0.15) is 22.9 Å². The Kier molecular flexibility index (Phi) is 5.74. The van der Waals surface area contributed by atoms with Crippen LogP contribution in [0.2, 0.25) is 0 Å². The van der Waals surface area contributed by atoms with Gasteiger partial charge in [-0.3, -0.25) is 9.59 Å². The zero-order chi connectivity index (χ0) is 20.1. The molecule has 1 aromatic heterocycles. The van der Waals surface area contributed by atoms with Gasteiger partial charge in [-0.1, -0.05) is 12.1 Å². The summed E-state index contributed by atoms with van der Waals surface area (Å²) in [6.45, 7) is 0.225. The maximum Gasteiger partial charge on any atom is 0.263 e. The van der Waals surface area contributed by atoms with E-state index in [9.17, 15) is 14.0 Å². The number of anilines is 1. The van der Waals surface area contributed by atoms with Crippen molar-refractivity contribution < 1.29 is 18.7 Å². The van der Waals surface area contributed by atoms with Crippen LogP contribution in [0.5, 0.6) is 11.5 Å². The van der Waals surface area contributed by atoms with E-state index in [0.717, 1.165) is 5.56 Å². The lowest BCUT2D eigenvalue weighted by Gasteiger charge is -2.12. The fraction of sp³-hybridized carbons (Fsp3) is 0.143. The molecule has 0 unspecified atom stereocenters. The fourth-order valence-corrected chi connectivity index (χ4v) is 2.72. The minimum absolute atomic E-state index is 0.0190. The number of pyridine rings is 1. The Hall–Kier alpha value is -3.61. The predicted molar refractivity (Wildman–Crippen MR) is 104 cm³/mol. The van der Waals surface area contributed by atoms with E-state index in [0.29, 0.717) is 17.2 Å². The quantitative estimate of drug-likeness (QED) is 0.710. The molecule has 0 aliphatic carbocycles. The van der Waals surface area contributed by atoms with Crippen LogP contribution in [0.25, 0.3) is 0 Å². The number of methoxy groups -OCH3 is 2. The minimum atomic E-state index is -0.565. The Balaban J connectivity index is 1.87. The van der Waals surface area contributed by atoms with Crippen LogP contribution in [0.1, 0.15) is 15.9 Å². The third-order valence-electron chi connectivity index (χ3n) is 4.19. The van der Waals surface area contributed by atoms with Gasteiger partial charge in [0.15, 0.2) is 0 Å². The molecule has 0 bridgehead atoms. The first-order valence-electron chi connectivity index (χ1n) is 8.49. The lowest BCUT2D eigenvalue weighted by molar-refractivity contribution is 0.102. The van der Waals surface area contributed by atoms with Crippen molar-refractivity contribution in [2.24, 2.45) is 0 Å². The summed E-state index contributed by atoms with van der Waals surface area (Å²) in [5.41, 5.74) is 0.663. The average Bonchev–Trinajstić information content (AvgIpc) is 2.71. The maximum absolute atomic E-state index is 13.1. The Morgan fingerprint density at radius 2 is 1.82 bits per heavy atom. The van der Waals surface area contributed by atoms with Crippen molar-refractivity contribution in [1.29, 1.82) is 0 Å². The second-order valence-electron chi connectivity index (χ2n) is 6.00. The molecule has 6 nitrogen and oxygen atoms in total. The number of hydrogen-bond acceptors (Lipinski definition) is 4. The molecule has 0 spiro atoms. The van der Waals surface area contributed by atoms with Crippen molar-refractivity contribution in [2.45, 2.75) is 6.54 Å². The summed E-state index contributed by atoms with van der Waals surface area (Å²) in [6, 6.07) is 13.9. The molecule has 0 saturated carbocycles. The number of carbonyl (C=O) groups excluding carboxylic acids is 1. The largest absolute Gasteiger partial charge is 0.497 e. The van der Waals surface area contributed by atoms with E-state index in [-0.39, 0.29) is 17.9 Å². The summed E-state index contributed by atoms with van der Waals surface area (Å²) >= 11 is 0. The molecule has 28 heavy (non-hydrogen) atoms. The molecule has 1 amide bonds. The van der Waals surface area contributed by atoms with Gasteiger partial charge in [0.05, 0.1) is 26.5 Å². The van der Waals surface area contributed by atoms with Crippen LogP contribution in [-0.2, 0) is 6.54 Å². The van der Waals surface area contributed by atoms with Gasteiger partial charge in [0.2, 0.25) is 0 Å². The molecule has 0 aliphatic heterocycles. The first-order chi connectivity index (χ1) is 13.5. The Morgan fingerprint density at radius 3 is 2.50 bits per heavy atom. The van der Waals surface area contributed by atoms with Crippen LogP contribution in [0, 0.1) is 5.82 Å². The molecule has 2 aromatic carbocycles. The molecule has 3 rings (SSSR count). The number of halogens is 1. The number of hydrogen-bond donors (Lipinski definition) is 1. The molecular formula is C21H19FN2O4. The predicted octanol–water partition coefficient (Wildman–Crippen LogP) is 3.31. The Labute approximate surface area is 161 Å². The summed E-state index contributed by atoms with van der Waals surface area (Å²) in [6.07, 6.45) is 1.58. The van der Waals surface area contributed by atoms with E-state index in [1.54, 1.807) is 42.6 Å². The zero-order valence-corrected chi connectivity index (χ0v) is 15.4. The lowest BCUT2D eigenvalue weighted by atomic mass is 10.2. The fourth-order valence-electron chi connectivity index (χ4n) is 2.72. The van der Waals surface area contributed by atoms with Gasteiger partial charge in [-0.25, -0.2) is 4.39 Å². The number of ether oxygens (including phenoxy) is 2. The molecule has 0 fully saturated rings. The van der Waals surface area contributed by atoms with Crippen LogP contribution < -0.4 is 20.3 Å². The van der Waals surface area contributed by atoms with Crippen molar-refractivity contribution >= 4 is 11.6 Å². The Bertz CT molecular complexity index is 1050. The first kappa shape index (κ1) is 19.2. The summed E-state index contributed by atoms with van der Waals surface area (Å²) in [4.78, 5) is 25.4. The molecule has 0 atom stereocenters. The van der Waals surface area contributed by atoms with Crippen molar-refractivity contribution in [3.05, 3.63) is 88.1 Å². The van der Waals surface area contributed by atoms with Gasteiger partial charge < -0.3 is 19.4 Å². The summed E-state index contributed by atoms with van der Waals surface area (Å²) in [5.74, 6) is 0.0658. The lowest BCUT2D eigenvalue weighted by Crippen LogP contribution is -2.29. The molecule has 0 saturated heterocycles. The SMILES string of the molecule is COc1ccc(OC)c(NC(=O)c2cccn(Cc3ccc(F)cc3)c2=O)c1. The van der Waals surface area contributed by atoms with Crippen LogP contribution in [0.15, 0.2) is 65.6 Å². The third-order valence-corrected chi connectivity index (χ3v) is 4.19.